The van der Waals surface area contributed by atoms with Gasteiger partial charge in [0, 0.05) is 22.0 Å². The summed E-state index contributed by atoms with van der Waals surface area (Å²) in [5.74, 6) is -0.00921. The summed E-state index contributed by atoms with van der Waals surface area (Å²) in [6.45, 7) is 6.93. The first-order valence-corrected chi connectivity index (χ1v) is 21.0. The molecular formula is C55H60N2Na2O12. The van der Waals surface area contributed by atoms with Crippen LogP contribution in [0.5, 0.6) is 11.5 Å². The number of aliphatic hydroxyl groups is 3. The number of carbonyl (C=O) groups excluding carboxylic acids is 3. The minimum absolute atomic E-state index is 0. The van der Waals surface area contributed by atoms with E-state index in [9.17, 15) is 25.2 Å². The first-order valence-electron chi connectivity index (χ1n) is 21.0. The van der Waals surface area contributed by atoms with Crippen LogP contribution in [0.2, 0.25) is 0 Å². The minimum Gasteiger partial charge on any atom is -1.00 e. The summed E-state index contributed by atoms with van der Waals surface area (Å²) in [6, 6.07) is 45.9. The van der Waals surface area contributed by atoms with E-state index in [2.05, 4.69) is 4.89 Å². The van der Waals surface area contributed by atoms with Gasteiger partial charge >= 0.3 is 71.1 Å². The molecule has 6 aromatic carbocycles. The molecule has 0 aliphatic heterocycles. The third kappa shape index (κ3) is 19.7. The Morgan fingerprint density at radius 3 is 1.21 bits per heavy atom. The second-order valence-electron chi connectivity index (χ2n) is 16.4. The van der Waals surface area contributed by atoms with Gasteiger partial charge in [0.05, 0.1) is 47.8 Å². The number of fused-ring (bicyclic) bond motifs is 2. The summed E-state index contributed by atoms with van der Waals surface area (Å²) in [7, 11) is 4.44. The van der Waals surface area contributed by atoms with Crippen molar-refractivity contribution in [1.82, 2.24) is 0 Å². The first-order chi connectivity index (χ1) is 32.6. The molecule has 364 valence electrons. The van der Waals surface area contributed by atoms with Crippen molar-refractivity contribution in [3.8, 4) is 23.6 Å². The van der Waals surface area contributed by atoms with Crippen LogP contribution >= 0.6 is 0 Å². The van der Waals surface area contributed by atoms with Gasteiger partial charge in [-0.2, -0.15) is 10.5 Å². The fraction of sp³-hybridized carbons (Fsp3) is 0.255. The van der Waals surface area contributed by atoms with Crippen molar-refractivity contribution in [2.45, 2.75) is 35.1 Å². The van der Waals surface area contributed by atoms with Crippen molar-refractivity contribution in [2.75, 3.05) is 47.8 Å². The summed E-state index contributed by atoms with van der Waals surface area (Å²) in [5, 5.41) is 58.4. The molecule has 3 N–H and O–H groups in total. The molecule has 0 saturated carbocycles. The second-order valence-corrected chi connectivity index (χ2v) is 16.4. The van der Waals surface area contributed by atoms with E-state index in [1.807, 2.05) is 121 Å². The van der Waals surface area contributed by atoms with Gasteiger partial charge < -0.3 is 45.8 Å². The number of nitrogens with zero attached hydrogens (tertiary/aromatic N) is 2. The number of hydrogen-bond donors (Lipinski definition) is 3. The van der Waals surface area contributed by atoms with Crippen molar-refractivity contribution in [1.29, 1.82) is 10.5 Å². The van der Waals surface area contributed by atoms with E-state index in [4.69, 9.17) is 39.2 Å². The number of ether oxygens (including phenoxy) is 4. The van der Waals surface area contributed by atoms with Crippen molar-refractivity contribution >= 4 is 51.1 Å². The molecule has 0 amide bonds. The van der Waals surface area contributed by atoms with E-state index in [1.165, 1.54) is 7.11 Å². The number of methoxy groups -OCH3 is 3. The quantitative estimate of drug-likeness (QED) is 0.0271. The minimum atomic E-state index is -0.719. The maximum absolute atomic E-state index is 12.9. The van der Waals surface area contributed by atoms with Crippen LogP contribution in [0.4, 0.5) is 0 Å². The summed E-state index contributed by atoms with van der Waals surface area (Å²) in [6.07, 6.45) is 0. The van der Waals surface area contributed by atoms with Gasteiger partial charge in [0.25, 0.3) is 6.47 Å². The van der Waals surface area contributed by atoms with Crippen LogP contribution in [0, 0.1) is 33.5 Å². The van der Waals surface area contributed by atoms with Crippen LogP contribution in [0.25, 0.3) is 32.7 Å². The standard InChI is InChI=1S/C26H25NO4.C22H17NO3.C5H12O2.CH2O3.CH4.2Na.H/c1-26(2,16-28)17-31-25(29)23(15-27)24(19-10-12-22(30-3)13-11-19)21-9-8-18-6-4-5-7-20(18)14-21;1-25-19-11-9-16(10-12-19)21(20(14-23)22(24)26-2)18-8-7-15-5-3-4-6-17(15)13-18;1-5(2,3-6)4-7;2-1-4-3;;;;/h4-14,28H,16-17H2,1-3H3;3-13H,1-2H3;6-7H,3-4H2,1-2H3;1,3H;1H4;;;/q;;;;;2*+1;-1/p-1/b24-23+;21-20+;;;;;;. The van der Waals surface area contributed by atoms with Crippen LogP contribution in [0.1, 0.15) is 58.8 Å². The fourth-order valence-electron chi connectivity index (χ4n) is 6.05. The zero-order chi connectivity index (χ0) is 50.3. The van der Waals surface area contributed by atoms with Crippen molar-refractivity contribution in [2.24, 2.45) is 10.8 Å². The third-order valence-electron chi connectivity index (χ3n) is 10.1. The van der Waals surface area contributed by atoms with Crippen molar-refractivity contribution in [3.63, 3.8) is 0 Å². The summed E-state index contributed by atoms with van der Waals surface area (Å²) in [4.78, 5) is 36.3. The summed E-state index contributed by atoms with van der Waals surface area (Å²) in [5.41, 5.74) is 2.95. The molecule has 0 spiro atoms. The van der Waals surface area contributed by atoms with Gasteiger partial charge in [0.1, 0.15) is 34.8 Å². The maximum Gasteiger partial charge on any atom is 1.00 e. The van der Waals surface area contributed by atoms with Crippen LogP contribution in [-0.2, 0) is 28.7 Å². The summed E-state index contributed by atoms with van der Waals surface area (Å²) >= 11 is 0. The Morgan fingerprint density at radius 1 is 0.577 bits per heavy atom. The van der Waals surface area contributed by atoms with Gasteiger partial charge in [-0.3, -0.25) is 4.79 Å². The van der Waals surface area contributed by atoms with Gasteiger partial charge in [-0.25, -0.2) is 9.59 Å². The average molecular weight is 987 g/mol. The average Bonchev–Trinajstić information content (AvgIpc) is 3.38. The number of rotatable bonds is 14. The van der Waals surface area contributed by atoms with Gasteiger partial charge in [-0.15, -0.1) is 0 Å². The van der Waals surface area contributed by atoms with Crippen molar-refractivity contribution in [3.05, 3.63) is 167 Å². The van der Waals surface area contributed by atoms with E-state index in [1.54, 1.807) is 66.2 Å². The van der Waals surface area contributed by atoms with Gasteiger partial charge in [-0.1, -0.05) is 132 Å². The molecule has 0 atom stereocenters. The van der Waals surface area contributed by atoms with E-state index in [-0.39, 0.29) is 117 Å². The number of nitriles is 2. The molecule has 0 fully saturated rings. The molecule has 0 bridgehead atoms. The van der Waals surface area contributed by atoms with Gasteiger partial charge in [0.2, 0.25) is 0 Å². The molecule has 0 heterocycles. The van der Waals surface area contributed by atoms with Crippen LogP contribution in [0.3, 0.4) is 0 Å². The first kappa shape index (κ1) is 65.1. The van der Waals surface area contributed by atoms with Gasteiger partial charge in [0.15, 0.2) is 0 Å². The van der Waals surface area contributed by atoms with Crippen LogP contribution in [-0.4, -0.2) is 81.5 Å². The Morgan fingerprint density at radius 2 is 0.915 bits per heavy atom. The number of esters is 2. The Bertz CT molecular complexity index is 2780. The van der Waals surface area contributed by atoms with Crippen molar-refractivity contribution < 1.29 is 119 Å². The predicted molar refractivity (Wildman–Crippen MR) is 264 cm³/mol. The fourth-order valence-corrected chi connectivity index (χ4v) is 6.05. The molecule has 0 aliphatic rings. The molecule has 0 aliphatic carbocycles. The maximum atomic E-state index is 12.9. The number of carbonyl (C=O) groups is 3. The third-order valence-corrected chi connectivity index (χ3v) is 10.1. The second kappa shape index (κ2) is 32.9. The largest absolute Gasteiger partial charge is 1.00 e. The van der Waals surface area contributed by atoms with E-state index in [0.717, 1.165) is 38.2 Å². The van der Waals surface area contributed by atoms with E-state index in [0.29, 0.717) is 28.2 Å². The Hall–Kier alpha value is -5.85. The molecular weight excluding hydrogens is 927 g/mol. The van der Waals surface area contributed by atoms with E-state index < -0.39 is 17.4 Å². The topological polar surface area (TPSA) is 229 Å². The molecule has 71 heavy (non-hydrogen) atoms. The Balaban J connectivity index is 0. The Labute approximate surface area is 461 Å². The summed E-state index contributed by atoms with van der Waals surface area (Å²) < 4.78 is 20.7. The van der Waals surface area contributed by atoms with Gasteiger partial charge in [-0.05, 0) is 80.2 Å². The smallest absolute Gasteiger partial charge is 1.00 e. The number of hydrogen-bond acceptors (Lipinski definition) is 14. The molecule has 0 unspecified atom stereocenters. The molecule has 16 heteroatoms. The molecule has 0 saturated heterocycles. The van der Waals surface area contributed by atoms with Crippen LogP contribution < -0.4 is 73.8 Å². The van der Waals surface area contributed by atoms with E-state index >= 15 is 0 Å². The molecule has 6 rings (SSSR count). The number of benzene rings is 6. The molecule has 0 aromatic heterocycles. The SMILES string of the molecule is C.CC(C)(CO)CO.COC(=O)/C(C#N)=C(\c1ccc(OC)cc1)c1ccc2ccccc2c1.COc1ccc(/C(=C(/C#N)C(=O)OCC(C)(C)CO)c2ccc3ccccc3c2)cc1.O=CO[O-].[H-].[Na+].[Na+]. The molecule has 14 nitrogen and oxygen atoms in total. The van der Waals surface area contributed by atoms with Crippen LogP contribution in [0.15, 0.2) is 145 Å². The number of aliphatic hydroxyl groups excluding tert-OH is 3. The zero-order valence-corrected chi connectivity index (χ0v) is 45.0. The zero-order valence-electron chi connectivity index (χ0n) is 42.0. The monoisotopic (exact) mass is 986 g/mol. The predicted octanol–water partition coefficient (Wildman–Crippen LogP) is 2.27. The normalized spacial score (nSPS) is 10.9. The molecule has 6 aromatic rings. The molecule has 0 radical (unpaired) electrons. The Kier molecular flexibility index (Phi) is 30.2.